The maximum absolute atomic E-state index is 13.9. The summed E-state index contributed by atoms with van der Waals surface area (Å²) in [6, 6.07) is 7.92. The molecule has 1 heterocycles. The number of anilines is 1. The van der Waals surface area contributed by atoms with Crippen molar-refractivity contribution in [3.63, 3.8) is 0 Å². The highest BCUT2D eigenvalue weighted by Gasteiger charge is 2.18. The van der Waals surface area contributed by atoms with Crippen LogP contribution >= 0.6 is 0 Å². The molecule has 1 N–H and O–H groups in total. The molecule has 0 radical (unpaired) electrons. The van der Waals surface area contributed by atoms with Gasteiger partial charge in [-0.3, -0.25) is 4.98 Å². The smallest absolute Gasteiger partial charge is 0.340 e. The van der Waals surface area contributed by atoms with Crippen molar-refractivity contribution in [1.82, 2.24) is 4.98 Å². The van der Waals surface area contributed by atoms with Gasteiger partial charge in [-0.05, 0) is 31.2 Å². The molecule has 0 saturated heterocycles. The van der Waals surface area contributed by atoms with E-state index in [0.717, 1.165) is 12.8 Å². The molecule has 4 nitrogen and oxygen atoms in total. The van der Waals surface area contributed by atoms with Crippen LogP contribution in [0.15, 0.2) is 30.3 Å². The predicted octanol–water partition coefficient (Wildman–Crippen LogP) is 3.07. The molecule has 0 aliphatic rings. The minimum atomic E-state index is -1.23. The Morgan fingerprint density at radius 2 is 2.00 bits per heavy atom. The first-order chi connectivity index (χ1) is 10.0. The normalized spacial score (nSPS) is 10.3. The maximum Gasteiger partial charge on any atom is 0.340 e. The van der Waals surface area contributed by atoms with Crippen LogP contribution in [0.1, 0.15) is 21.7 Å². The van der Waals surface area contributed by atoms with Crippen LogP contribution in [0.4, 0.5) is 14.5 Å². The van der Waals surface area contributed by atoms with Gasteiger partial charge in [0.15, 0.2) is 11.6 Å². The zero-order chi connectivity index (χ0) is 15.4. The Bertz CT molecular complexity index is 675. The predicted molar refractivity (Wildman–Crippen MR) is 74.0 cm³/mol. The molecule has 0 bridgehead atoms. The summed E-state index contributed by atoms with van der Waals surface area (Å²) >= 11 is 0. The number of carbonyl (C=O) groups excluding carboxylic acids is 1. The van der Waals surface area contributed by atoms with Gasteiger partial charge in [0, 0.05) is 5.69 Å². The fraction of sp³-hybridized carbons (Fsp3) is 0.200. The van der Waals surface area contributed by atoms with Gasteiger partial charge in [-0.2, -0.15) is 0 Å². The highest BCUT2D eigenvalue weighted by atomic mass is 19.2. The zero-order valence-electron chi connectivity index (χ0n) is 11.6. The van der Waals surface area contributed by atoms with Gasteiger partial charge in [-0.15, -0.1) is 0 Å². The van der Waals surface area contributed by atoms with E-state index in [0.29, 0.717) is 5.69 Å². The summed E-state index contributed by atoms with van der Waals surface area (Å²) in [6.45, 7) is 2.09. The number of nitrogens with zero attached hydrogens (tertiary/aromatic N) is 1. The molecule has 2 rings (SSSR count). The Morgan fingerprint density at radius 1 is 1.24 bits per heavy atom. The van der Waals surface area contributed by atoms with Crippen LogP contribution in [0, 0.1) is 18.6 Å². The molecule has 0 aliphatic heterocycles. The van der Waals surface area contributed by atoms with Crippen LogP contribution in [0.5, 0.6) is 0 Å². The number of esters is 1. The lowest BCUT2D eigenvalue weighted by molar-refractivity contribution is 0.0594. The van der Waals surface area contributed by atoms with Crippen LogP contribution < -0.4 is 5.32 Å². The summed E-state index contributed by atoms with van der Waals surface area (Å²) in [6.07, 6.45) is 0. The molecule has 0 aliphatic carbocycles. The summed E-state index contributed by atoms with van der Waals surface area (Å²) in [5, 5.41) is 2.75. The number of nitrogens with one attached hydrogen (secondary N) is 1. The maximum atomic E-state index is 13.9. The minimum Gasteiger partial charge on any atom is -0.465 e. The number of carbonyl (C=O) groups is 1. The number of ether oxygens (including phenoxy) is 1. The van der Waals surface area contributed by atoms with E-state index in [1.807, 2.05) is 19.1 Å². The van der Waals surface area contributed by atoms with Crippen molar-refractivity contribution in [3.05, 3.63) is 58.9 Å². The van der Waals surface area contributed by atoms with E-state index in [9.17, 15) is 13.6 Å². The first kappa shape index (κ1) is 14.9. The van der Waals surface area contributed by atoms with Gasteiger partial charge < -0.3 is 10.1 Å². The van der Waals surface area contributed by atoms with Crippen molar-refractivity contribution in [3.8, 4) is 0 Å². The van der Waals surface area contributed by atoms with Gasteiger partial charge in [0.1, 0.15) is 0 Å². The Kier molecular flexibility index (Phi) is 4.47. The topological polar surface area (TPSA) is 51.2 Å². The van der Waals surface area contributed by atoms with Gasteiger partial charge in [0.25, 0.3) is 0 Å². The average molecular weight is 292 g/mol. The molecule has 2 aromatic rings. The van der Waals surface area contributed by atoms with Crippen molar-refractivity contribution in [2.75, 3.05) is 12.4 Å². The quantitative estimate of drug-likeness (QED) is 0.880. The third-order valence-electron chi connectivity index (χ3n) is 2.89. The molecule has 0 spiro atoms. The molecule has 0 amide bonds. The number of rotatable bonds is 4. The lowest BCUT2D eigenvalue weighted by Gasteiger charge is -2.10. The summed E-state index contributed by atoms with van der Waals surface area (Å²) in [5.74, 6) is -3.27. The molecule has 0 fully saturated rings. The van der Waals surface area contributed by atoms with E-state index in [2.05, 4.69) is 15.0 Å². The lowest BCUT2D eigenvalue weighted by Crippen LogP contribution is -2.09. The van der Waals surface area contributed by atoms with Crippen molar-refractivity contribution in [2.24, 2.45) is 0 Å². The molecular weight excluding hydrogens is 278 g/mol. The van der Waals surface area contributed by atoms with E-state index < -0.39 is 23.2 Å². The van der Waals surface area contributed by atoms with Crippen molar-refractivity contribution in [2.45, 2.75) is 13.5 Å². The van der Waals surface area contributed by atoms with Crippen molar-refractivity contribution < 1.29 is 18.3 Å². The van der Waals surface area contributed by atoms with Gasteiger partial charge in [-0.1, -0.05) is 6.07 Å². The Balaban J connectivity index is 2.18. The summed E-state index contributed by atoms with van der Waals surface area (Å²) in [4.78, 5) is 15.5. The molecule has 21 heavy (non-hydrogen) atoms. The van der Waals surface area contributed by atoms with E-state index in [1.54, 1.807) is 6.07 Å². The van der Waals surface area contributed by atoms with E-state index in [4.69, 9.17) is 0 Å². The van der Waals surface area contributed by atoms with E-state index >= 15 is 0 Å². The highest BCUT2D eigenvalue weighted by molar-refractivity contribution is 5.90. The van der Waals surface area contributed by atoms with Crippen LogP contribution in [-0.4, -0.2) is 18.1 Å². The van der Waals surface area contributed by atoms with Crippen LogP contribution in [0.3, 0.4) is 0 Å². The number of aromatic nitrogens is 1. The zero-order valence-corrected chi connectivity index (χ0v) is 11.6. The number of halogens is 2. The first-order valence-electron chi connectivity index (χ1n) is 6.25. The Labute approximate surface area is 120 Å². The SMILES string of the molecule is COC(=O)c1ccc(NCc2cccc(C)n2)c(F)c1F. The monoisotopic (exact) mass is 292 g/mol. The van der Waals surface area contributed by atoms with E-state index in [-0.39, 0.29) is 12.2 Å². The fourth-order valence-electron chi connectivity index (χ4n) is 1.84. The fourth-order valence-corrected chi connectivity index (χ4v) is 1.84. The van der Waals surface area contributed by atoms with Crippen LogP contribution in [0.2, 0.25) is 0 Å². The molecule has 0 unspecified atom stereocenters. The van der Waals surface area contributed by atoms with E-state index in [1.165, 1.54) is 12.1 Å². The molecule has 6 heteroatoms. The van der Waals surface area contributed by atoms with Crippen molar-refractivity contribution >= 4 is 11.7 Å². The van der Waals surface area contributed by atoms with Gasteiger partial charge in [-0.25, -0.2) is 13.6 Å². The second kappa shape index (κ2) is 6.30. The standard InChI is InChI=1S/C15H14F2N2O2/c1-9-4-3-5-10(19-9)8-18-12-7-6-11(15(20)21-2)13(16)14(12)17/h3-7,18H,8H2,1-2H3. The van der Waals surface area contributed by atoms with Gasteiger partial charge >= 0.3 is 5.97 Å². The number of hydrogen-bond acceptors (Lipinski definition) is 4. The third-order valence-corrected chi connectivity index (χ3v) is 2.89. The molecule has 0 saturated carbocycles. The first-order valence-corrected chi connectivity index (χ1v) is 6.25. The van der Waals surface area contributed by atoms with Crippen LogP contribution in [0.25, 0.3) is 0 Å². The van der Waals surface area contributed by atoms with Gasteiger partial charge in [0.2, 0.25) is 0 Å². The summed E-state index contributed by atoms with van der Waals surface area (Å²) in [5.41, 5.74) is 1.06. The number of pyridine rings is 1. The summed E-state index contributed by atoms with van der Waals surface area (Å²) < 4.78 is 32.0. The second-order valence-electron chi connectivity index (χ2n) is 4.40. The number of hydrogen-bond donors (Lipinski definition) is 1. The molecule has 0 atom stereocenters. The number of benzene rings is 1. The Hall–Kier alpha value is -2.50. The summed E-state index contributed by atoms with van der Waals surface area (Å²) in [7, 11) is 1.11. The average Bonchev–Trinajstić information content (AvgIpc) is 2.48. The Morgan fingerprint density at radius 3 is 2.67 bits per heavy atom. The lowest BCUT2D eigenvalue weighted by atomic mass is 10.1. The molecular formula is C15H14F2N2O2. The number of aryl methyl sites for hydroxylation is 1. The number of methoxy groups -OCH3 is 1. The second-order valence-corrected chi connectivity index (χ2v) is 4.40. The van der Waals surface area contributed by atoms with Crippen LogP contribution in [-0.2, 0) is 11.3 Å². The van der Waals surface area contributed by atoms with Gasteiger partial charge in [0.05, 0.1) is 30.6 Å². The molecule has 1 aromatic heterocycles. The molecule has 110 valence electrons. The molecule has 1 aromatic carbocycles. The largest absolute Gasteiger partial charge is 0.465 e. The van der Waals surface area contributed by atoms with Crippen molar-refractivity contribution in [1.29, 1.82) is 0 Å². The minimum absolute atomic E-state index is 0.0385. The highest BCUT2D eigenvalue weighted by Crippen LogP contribution is 2.21. The third kappa shape index (κ3) is 3.34.